The van der Waals surface area contributed by atoms with Gasteiger partial charge in [-0.2, -0.15) is 5.10 Å². The van der Waals surface area contributed by atoms with Gasteiger partial charge in [0.25, 0.3) is 0 Å². The van der Waals surface area contributed by atoms with E-state index in [1.54, 1.807) is 0 Å². The van der Waals surface area contributed by atoms with E-state index < -0.39 is 0 Å². The van der Waals surface area contributed by atoms with Gasteiger partial charge in [0.05, 0.1) is 5.69 Å². The van der Waals surface area contributed by atoms with Crippen LogP contribution in [0.2, 0.25) is 0 Å². The van der Waals surface area contributed by atoms with Crippen LogP contribution in [0.1, 0.15) is 30.7 Å². The van der Waals surface area contributed by atoms with Crippen LogP contribution in [0, 0.1) is 13.8 Å². The number of aromatic nitrogens is 4. The molecule has 0 radical (unpaired) electrons. The molecule has 0 aliphatic heterocycles. The summed E-state index contributed by atoms with van der Waals surface area (Å²) in [5.41, 5.74) is 2.33. The van der Waals surface area contributed by atoms with Crippen molar-refractivity contribution in [2.24, 2.45) is 0 Å². The van der Waals surface area contributed by atoms with Crippen LogP contribution in [0.3, 0.4) is 0 Å². The van der Waals surface area contributed by atoms with Crippen LogP contribution < -0.4 is 5.32 Å². The molecule has 5 heteroatoms. The molecule has 102 valence electrons. The average Bonchev–Trinajstić information content (AvgIpc) is 2.98. The number of rotatable bonds is 6. The summed E-state index contributed by atoms with van der Waals surface area (Å²) >= 11 is 0. The summed E-state index contributed by atoms with van der Waals surface area (Å²) in [4.78, 5) is 4.37. The first-order chi connectivity index (χ1) is 9.22. The smallest absolute Gasteiger partial charge is 0.202 e. The molecule has 1 aliphatic rings. The maximum absolute atomic E-state index is 4.49. The fourth-order valence-electron chi connectivity index (χ4n) is 2.33. The third-order valence-electron chi connectivity index (χ3n) is 3.50. The molecule has 5 nitrogen and oxygen atoms in total. The Hall–Kier alpha value is -1.78. The van der Waals surface area contributed by atoms with E-state index in [2.05, 4.69) is 37.6 Å². The zero-order valence-electron chi connectivity index (χ0n) is 11.6. The van der Waals surface area contributed by atoms with Crippen molar-refractivity contribution in [2.45, 2.75) is 52.2 Å². The fourth-order valence-corrected chi connectivity index (χ4v) is 2.33. The molecule has 19 heavy (non-hydrogen) atoms. The van der Waals surface area contributed by atoms with Crippen LogP contribution in [-0.2, 0) is 13.1 Å². The quantitative estimate of drug-likeness (QED) is 0.866. The minimum Gasteiger partial charge on any atom is -0.353 e. The maximum atomic E-state index is 4.49. The van der Waals surface area contributed by atoms with Gasteiger partial charge in [0, 0.05) is 37.2 Å². The lowest BCUT2D eigenvalue weighted by Crippen LogP contribution is -2.11. The molecule has 0 spiro atoms. The second-order valence-electron chi connectivity index (χ2n) is 5.37. The van der Waals surface area contributed by atoms with Crippen molar-refractivity contribution in [1.29, 1.82) is 0 Å². The van der Waals surface area contributed by atoms with Crippen molar-refractivity contribution in [3.05, 3.63) is 29.8 Å². The SMILES string of the molecule is Cc1cc(C)n(CCCn2ccnc2NC2CC2)n1. The van der Waals surface area contributed by atoms with E-state index in [0.717, 1.165) is 31.2 Å². The highest BCUT2D eigenvalue weighted by Gasteiger charge is 2.22. The molecule has 1 aliphatic carbocycles. The first kappa shape index (κ1) is 12.3. The first-order valence-electron chi connectivity index (χ1n) is 7.01. The van der Waals surface area contributed by atoms with Crippen LogP contribution in [0.25, 0.3) is 0 Å². The molecule has 0 unspecified atom stereocenters. The van der Waals surface area contributed by atoms with E-state index in [4.69, 9.17) is 0 Å². The Bertz CT molecular complexity index is 550. The highest BCUT2D eigenvalue weighted by atomic mass is 15.3. The molecule has 0 atom stereocenters. The number of anilines is 1. The maximum Gasteiger partial charge on any atom is 0.202 e. The predicted molar refractivity (Wildman–Crippen MR) is 75.2 cm³/mol. The van der Waals surface area contributed by atoms with Gasteiger partial charge < -0.3 is 9.88 Å². The summed E-state index contributed by atoms with van der Waals surface area (Å²) in [7, 11) is 0. The van der Waals surface area contributed by atoms with Gasteiger partial charge in [-0.05, 0) is 39.2 Å². The van der Waals surface area contributed by atoms with E-state index in [-0.39, 0.29) is 0 Å². The number of aryl methyl sites for hydroxylation is 4. The summed E-state index contributed by atoms with van der Waals surface area (Å²) in [6, 6.07) is 2.77. The van der Waals surface area contributed by atoms with Crippen molar-refractivity contribution < 1.29 is 0 Å². The topological polar surface area (TPSA) is 47.7 Å². The molecule has 2 heterocycles. The van der Waals surface area contributed by atoms with Crippen molar-refractivity contribution in [3.63, 3.8) is 0 Å². The second-order valence-corrected chi connectivity index (χ2v) is 5.37. The van der Waals surface area contributed by atoms with Crippen LogP contribution >= 0.6 is 0 Å². The predicted octanol–water partition coefficient (Wildman–Crippen LogP) is 2.36. The standard InChI is InChI=1S/C14H21N5/c1-11-10-12(2)19(17-11)8-3-7-18-9-6-15-14(18)16-13-4-5-13/h6,9-10,13H,3-5,7-8H2,1-2H3,(H,15,16). The first-order valence-corrected chi connectivity index (χ1v) is 7.01. The molecule has 3 rings (SSSR count). The summed E-state index contributed by atoms with van der Waals surface area (Å²) in [6.45, 7) is 6.09. The lowest BCUT2D eigenvalue weighted by Gasteiger charge is -2.09. The molecule has 2 aromatic heterocycles. The lowest BCUT2D eigenvalue weighted by atomic mass is 10.4. The molecule has 0 aromatic carbocycles. The Morgan fingerprint density at radius 3 is 2.84 bits per heavy atom. The van der Waals surface area contributed by atoms with Crippen LogP contribution in [-0.4, -0.2) is 25.4 Å². The van der Waals surface area contributed by atoms with Gasteiger partial charge in [-0.25, -0.2) is 4.98 Å². The van der Waals surface area contributed by atoms with E-state index in [1.165, 1.54) is 18.5 Å². The van der Waals surface area contributed by atoms with Crippen molar-refractivity contribution in [1.82, 2.24) is 19.3 Å². The Balaban J connectivity index is 1.54. The molecule has 1 fully saturated rings. The Labute approximate surface area is 113 Å². The molecule has 0 saturated heterocycles. The van der Waals surface area contributed by atoms with Gasteiger partial charge >= 0.3 is 0 Å². The van der Waals surface area contributed by atoms with E-state index >= 15 is 0 Å². The van der Waals surface area contributed by atoms with Gasteiger partial charge in [0.1, 0.15) is 0 Å². The number of hydrogen-bond donors (Lipinski definition) is 1. The largest absolute Gasteiger partial charge is 0.353 e. The Morgan fingerprint density at radius 2 is 2.16 bits per heavy atom. The summed E-state index contributed by atoms with van der Waals surface area (Å²) in [6.07, 6.45) is 7.54. The van der Waals surface area contributed by atoms with Gasteiger partial charge in [-0.3, -0.25) is 4.68 Å². The van der Waals surface area contributed by atoms with Crippen molar-refractivity contribution >= 4 is 5.95 Å². The van der Waals surface area contributed by atoms with Gasteiger partial charge in [-0.1, -0.05) is 0 Å². The van der Waals surface area contributed by atoms with Crippen LogP contribution in [0.15, 0.2) is 18.5 Å². The van der Waals surface area contributed by atoms with Crippen molar-refractivity contribution in [3.8, 4) is 0 Å². The second kappa shape index (κ2) is 5.07. The van der Waals surface area contributed by atoms with E-state index in [1.807, 2.05) is 19.3 Å². The molecule has 0 bridgehead atoms. The highest BCUT2D eigenvalue weighted by molar-refractivity contribution is 5.29. The monoisotopic (exact) mass is 259 g/mol. The zero-order chi connectivity index (χ0) is 13.2. The highest BCUT2D eigenvalue weighted by Crippen LogP contribution is 2.23. The van der Waals surface area contributed by atoms with E-state index in [0.29, 0.717) is 6.04 Å². The minimum absolute atomic E-state index is 0.650. The van der Waals surface area contributed by atoms with E-state index in [9.17, 15) is 0 Å². The molecular formula is C14H21N5. The Kier molecular flexibility index (Phi) is 3.27. The third-order valence-corrected chi connectivity index (χ3v) is 3.50. The van der Waals surface area contributed by atoms with Crippen LogP contribution in [0.5, 0.6) is 0 Å². The number of nitrogens with one attached hydrogen (secondary N) is 1. The van der Waals surface area contributed by atoms with Crippen molar-refractivity contribution in [2.75, 3.05) is 5.32 Å². The number of hydrogen-bond acceptors (Lipinski definition) is 3. The lowest BCUT2D eigenvalue weighted by molar-refractivity contribution is 0.518. The fraction of sp³-hybridized carbons (Fsp3) is 0.571. The van der Waals surface area contributed by atoms with Gasteiger partial charge in [-0.15, -0.1) is 0 Å². The molecule has 1 N–H and O–H groups in total. The van der Waals surface area contributed by atoms with Crippen LogP contribution in [0.4, 0.5) is 5.95 Å². The number of imidazole rings is 1. The normalized spacial score (nSPS) is 14.8. The van der Waals surface area contributed by atoms with Gasteiger partial charge in [0.15, 0.2) is 0 Å². The average molecular weight is 259 g/mol. The molecule has 0 amide bonds. The Morgan fingerprint density at radius 1 is 1.32 bits per heavy atom. The molecular weight excluding hydrogens is 238 g/mol. The summed E-state index contributed by atoms with van der Waals surface area (Å²) in [5.74, 6) is 1.01. The summed E-state index contributed by atoms with van der Waals surface area (Å²) < 4.78 is 4.28. The number of nitrogens with zero attached hydrogens (tertiary/aromatic N) is 4. The van der Waals surface area contributed by atoms with Gasteiger partial charge in [0.2, 0.25) is 5.95 Å². The molecule has 2 aromatic rings. The third kappa shape index (κ3) is 2.97. The summed E-state index contributed by atoms with van der Waals surface area (Å²) in [5, 5.41) is 7.94. The molecule has 1 saturated carbocycles. The minimum atomic E-state index is 0.650. The zero-order valence-corrected chi connectivity index (χ0v) is 11.6.